The van der Waals surface area contributed by atoms with Gasteiger partial charge in [0.1, 0.15) is 0 Å². The lowest BCUT2D eigenvalue weighted by Gasteiger charge is -2.14. The van der Waals surface area contributed by atoms with Gasteiger partial charge in [-0.25, -0.2) is 4.98 Å². The summed E-state index contributed by atoms with van der Waals surface area (Å²) < 4.78 is 0. The third kappa shape index (κ3) is 5.29. The van der Waals surface area contributed by atoms with Gasteiger partial charge >= 0.3 is 0 Å². The lowest BCUT2D eigenvalue weighted by Crippen LogP contribution is -2.25. The zero-order valence-corrected chi connectivity index (χ0v) is 15.0. The van der Waals surface area contributed by atoms with E-state index >= 15 is 0 Å². The topological polar surface area (TPSA) is 38.9 Å². The van der Waals surface area contributed by atoms with Crippen molar-refractivity contribution in [2.24, 2.45) is 5.73 Å². The van der Waals surface area contributed by atoms with E-state index in [-0.39, 0.29) is 11.5 Å². The molecule has 0 radical (unpaired) electrons. The van der Waals surface area contributed by atoms with Crippen LogP contribution in [0.5, 0.6) is 0 Å². The Morgan fingerprint density at radius 3 is 2.76 bits per heavy atom. The van der Waals surface area contributed by atoms with Crippen LogP contribution in [0.3, 0.4) is 0 Å². The van der Waals surface area contributed by atoms with Crippen molar-refractivity contribution >= 4 is 34.7 Å². The van der Waals surface area contributed by atoms with E-state index in [1.807, 2.05) is 18.2 Å². The molecule has 0 aliphatic rings. The zero-order valence-electron chi connectivity index (χ0n) is 12.6. The van der Waals surface area contributed by atoms with Crippen molar-refractivity contribution in [3.63, 3.8) is 0 Å². The lowest BCUT2D eigenvalue weighted by atomic mass is 9.93. The largest absolute Gasteiger partial charge is 0.327 e. The minimum absolute atomic E-state index is 0.105. The van der Waals surface area contributed by atoms with Crippen LogP contribution in [0.4, 0.5) is 0 Å². The fraction of sp³-hybridized carbons (Fsp3) is 0.438. The molecule has 1 heterocycles. The maximum absolute atomic E-state index is 6.22. The Bertz CT molecular complexity index is 590. The van der Waals surface area contributed by atoms with Gasteiger partial charge in [-0.05, 0) is 18.2 Å². The highest BCUT2D eigenvalue weighted by Gasteiger charge is 2.18. The molecule has 0 spiro atoms. The first kappa shape index (κ1) is 16.8. The van der Waals surface area contributed by atoms with Gasteiger partial charge in [-0.15, -0.1) is 23.1 Å². The highest BCUT2D eigenvalue weighted by molar-refractivity contribution is 7.99. The first-order valence-electron chi connectivity index (χ1n) is 6.93. The number of nitrogens with two attached hydrogens (primary N) is 1. The third-order valence-corrected chi connectivity index (χ3v) is 5.31. The van der Waals surface area contributed by atoms with E-state index in [1.54, 1.807) is 23.1 Å². The van der Waals surface area contributed by atoms with Gasteiger partial charge in [-0.3, -0.25) is 0 Å². The maximum atomic E-state index is 6.22. The zero-order chi connectivity index (χ0) is 15.5. The van der Waals surface area contributed by atoms with Crippen LogP contribution in [0.2, 0.25) is 5.02 Å². The number of hydrogen-bond acceptors (Lipinski definition) is 4. The van der Waals surface area contributed by atoms with Crippen molar-refractivity contribution in [2.75, 3.05) is 5.75 Å². The van der Waals surface area contributed by atoms with Gasteiger partial charge in [0.15, 0.2) is 0 Å². The molecule has 2 rings (SSSR count). The molecule has 0 aliphatic heterocycles. The van der Waals surface area contributed by atoms with Crippen LogP contribution in [0.1, 0.15) is 31.5 Å². The van der Waals surface area contributed by atoms with Crippen molar-refractivity contribution in [1.29, 1.82) is 0 Å². The molecule has 0 saturated heterocycles. The number of benzene rings is 1. The molecule has 0 amide bonds. The standard InChI is InChI=1S/C16H21ClN2S2/c1-16(2,3)14-10-21-15(19-14)8-12(18)9-20-13-6-4-5-11(17)7-13/h4-7,10,12H,8-9,18H2,1-3H3. The highest BCUT2D eigenvalue weighted by atomic mass is 35.5. The molecular weight excluding hydrogens is 320 g/mol. The Kier molecular flexibility index (Phi) is 5.72. The molecule has 1 atom stereocenters. The van der Waals surface area contributed by atoms with Crippen molar-refractivity contribution in [1.82, 2.24) is 4.98 Å². The highest BCUT2D eigenvalue weighted by Crippen LogP contribution is 2.26. The Hall–Kier alpha value is -0.550. The van der Waals surface area contributed by atoms with Gasteiger partial charge in [0, 0.05) is 38.9 Å². The summed E-state index contributed by atoms with van der Waals surface area (Å²) in [7, 11) is 0. The van der Waals surface area contributed by atoms with Crippen LogP contribution in [-0.2, 0) is 11.8 Å². The van der Waals surface area contributed by atoms with Gasteiger partial charge < -0.3 is 5.73 Å². The minimum atomic E-state index is 0.105. The van der Waals surface area contributed by atoms with Crippen LogP contribution in [0.15, 0.2) is 34.5 Å². The fourth-order valence-electron chi connectivity index (χ4n) is 1.79. The molecule has 114 valence electrons. The summed E-state index contributed by atoms with van der Waals surface area (Å²) in [6.45, 7) is 6.54. The number of thiazole rings is 1. The quantitative estimate of drug-likeness (QED) is 0.798. The van der Waals surface area contributed by atoms with Crippen LogP contribution >= 0.6 is 34.7 Å². The number of hydrogen-bond donors (Lipinski definition) is 1. The predicted molar refractivity (Wildman–Crippen MR) is 94.7 cm³/mol. The van der Waals surface area contributed by atoms with Crippen LogP contribution in [0, 0.1) is 0 Å². The van der Waals surface area contributed by atoms with Crippen molar-refractivity contribution in [3.8, 4) is 0 Å². The predicted octanol–water partition coefficient (Wildman–Crippen LogP) is 4.76. The number of nitrogens with zero attached hydrogens (tertiary/aromatic N) is 1. The summed E-state index contributed by atoms with van der Waals surface area (Å²) >= 11 is 9.43. The van der Waals surface area contributed by atoms with Crippen LogP contribution in [0.25, 0.3) is 0 Å². The van der Waals surface area contributed by atoms with Gasteiger partial charge in [-0.1, -0.05) is 38.4 Å². The van der Waals surface area contributed by atoms with E-state index in [0.29, 0.717) is 0 Å². The van der Waals surface area contributed by atoms with E-state index in [0.717, 1.165) is 32.8 Å². The van der Waals surface area contributed by atoms with Crippen LogP contribution in [-0.4, -0.2) is 16.8 Å². The molecule has 2 N–H and O–H groups in total. The van der Waals surface area contributed by atoms with E-state index in [4.69, 9.17) is 22.3 Å². The summed E-state index contributed by atoms with van der Waals surface area (Å²) in [4.78, 5) is 5.86. The second-order valence-corrected chi connectivity index (χ2v) is 8.58. The second-order valence-electron chi connectivity index (χ2n) is 6.11. The van der Waals surface area contributed by atoms with Gasteiger partial charge in [-0.2, -0.15) is 0 Å². The number of halogens is 1. The van der Waals surface area contributed by atoms with Crippen LogP contribution < -0.4 is 5.73 Å². The Morgan fingerprint density at radius 1 is 1.38 bits per heavy atom. The SMILES string of the molecule is CC(C)(C)c1csc(CC(N)CSc2cccc(Cl)c2)n1. The molecule has 1 aromatic heterocycles. The van der Waals surface area contributed by atoms with Gasteiger partial charge in [0.05, 0.1) is 10.7 Å². The summed E-state index contributed by atoms with van der Waals surface area (Å²) in [6, 6.07) is 7.99. The summed E-state index contributed by atoms with van der Waals surface area (Å²) in [5.41, 5.74) is 7.48. The van der Waals surface area contributed by atoms with E-state index in [9.17, 15) is 0 Å². The van der Waals surface area contributed by atoms with E-state index in [1.165, 1.54) is 0 Å². The van der Waals surface area contributed by atoms with Gasteiger partial charge in [0.25, 0.3) is 0 Å². The average molecular weight is 341 g/mol. The first-order valence-corrected chi connectivity index (χ1v) is 9.18. The van der Waals surface area contributed by atoms with Crippen molar-refractivity contribution < 1.29 is 0 Å². The minimum Gasteiger partial charge on any atom is -0.327 e. The number of aromatic nitrogens is 1. The normalized spacial score (nSPS) is 13.4. The van der Waals surface area contributed by atoms with E-state index < -0.39 is 0 Å². The van der Waals surface area contributed by atoms with E-state index in [2.05, 4.69) is 32.2 Å². The first-order chi connectivity index (χ1) is 9.84. The molecule has 5 heteroatoms. The summed E-state index contributed by atoms with van der Waals surface area (Å²) in [5, 5.41) is 4.04. The molecule has 0 bridgehead atoms. The number of thioether (sulfide) groups is 1. The number of rotatable bonds is 5. The molecule has 1 aromatic carbocycles. The average Bonchev–Trinajstić information content (AvgIpc) is 2.85. The van der Waals surface area contributed by atoms with Crippen molar-refractivity contribution in [3.05, 3.63) is 45.4 Å². The fourth-order valence-corrected chi connectivity index (χ4v) is 4.07. The Morgan fingerprint density at radius 2 is 2.14 bits per heavy atom. The smallest absolute Gasteiger partial charge is 0.0944 e. The molecule has 0 aliphatic carbocycles. The molecule has 21 heavy (non-hydrogen) atoms. The molecule has 2 aromatic rings. The summed E-state index contributed by atoms with van der Waals surface area (Å²) in [5.74, 6) is 0.866. The maximum Gasteiger partial charge on any atom is 0.0944 e. The van der Waals surface area contributed by atoms with Gasteiger partial charge in [0.2, 0.25) is 0 Å². The monoisotopic (exact) mass is 340 g/mol. The molecular formula is C16H21ClN2S2. The Labute approximate surface area is 140 Å². The molecule has 0 fully saturated rings. The molecule has 2 nitrogen and oxygen atoms in total. The second kappa shape index (κ2) is 7.14. The summed E-state index contributed by atoms with van der Waals surface area (Å²) in [6.07, 6.45) is 0.828. The Balaban J connectivity index is 1.87. The molecule has 1 unspecified atom stereocenters. The molecule has 0 saturated carbocycles. The third-order valence-electron chi connectivity index (χ3n) is 3.02. The van der Waals surface area contributed by atoms with Crippen molar-refractivity contribution in [2.45, 2.75) is 43.5 Å². The lowest BCUT2D eigenvalue weighted by molar-refractivity contribution is 0.569.